The molecule has 0 N–H and O–H groups in total. The van der Waals surface area contributed by atoms with Gasteiger partial charge < -0.3 is 0 Å². The summed E-state index contributed by atoms with van der Waals surface area (Å²) in [5, 5.41) is 12.9. The summed E-state index contributed by atoms with van der Waals surface area (Å²) >= 11 is 5.19. The molecule has 0 aliphatic carbocycles. The van der Waals surface area contributed by atoms with Crippen LogP contribution in [0.25, 0.3) is 5.69 Å². The highest BCUT2D eigenvalue weighted by atomic mass is 79.9. The molecule has 6 heteroatoms. The van der Waals surface area contributed by atoms with Crippen molar-refractivity contribution in [2.24, 2.45) is 0 Å². The second-order valence-corrected chi connectivity index (χ2v) is 6.82. The van der Waals surface area contributed by atoms with Crippen molar-refractivity contribution in [2.75, 3.05) is 0 Å². The minimum Gasteiger partial charge on any atom is -0.187 e. The zero-order chi connectivity index (χ0) is 15.5. The Balaban J connectivity index is 1.83. The van der Waals surface area contributed by atoms with Gasteiger partial charge in [0.2, 0.25) is 5.16 Å². The molecule has 0 amide bonds. The average molecular weight is 375 g/mol. The standard InChI is InChI=1S/C16H15BrN4S/c1-11-7-8-14(9-12(11)2)21-16(18-19-20-21)22-10-13-5-3-4-6-15(13)17/h3-9H,10H2,1-2H3. The van der Waals surface area contributed by atoms with Gasteiger partial charge in [-0.25, -0.2) is 0 Å². The van der Waals surface area contributed by atoms with Crippen LogP contribution in [0.2, 0.25) is 0 Å². The minimum absolute atomic E-state index is 0.791. The molecule has 1 aromatic heterocycles. The quantitative estimate of drug-likeness (QED) is 0.637. The van der Waals surface area contributed by atoms with Crippen molar-refractivity contribution in [3.63, 3.8) is 0 Å². The first-order chi connectivity index (χ1) is 10.6. The largest absolute Gasteiger partial charge is 0.214 e. The summed E-state index contributed by atoms with van der Waals surface area (Å²) in [6.45, 7) is 4.19. The van der Waals surface area contributed by atoms with E-state index in [2.05, 4.69) is 63.5 Å². The number of nitrogens with zero attached hydrogens (tertiary/aromatic N) is 4. The fourth-order valence-corrected chi connectivity index (χ4v) is 3.55. The number of hydrogen-bond acceptors (Lipinski definition) is 4. The zero-order valence-corrected chi connectivity index (χ0v) is 14.7. The van der Waals surface area contributed by atoms with Crippen LogP contribution in [0, 0.1) is 13.8 Å². The number of tetrazole rings is 1. The SMILES string of the molecule is Cc1ccc(-n2nnnc2SCc2ccccc2Br)cc1C. The molecule has 3 rings (SSSR count). The lowest BCUT2D eigenvalue weighted by atomic mass is 10.1. The van der Waals surface area contributed by atoms with Gasteiger partial charge in [-0.05, 0) is 59.2 Å². The van der Waals surface area contributed by atoms with Gasteiger partial charge in [0.05, 0.1) is 5.69 Å². The maximum atomic E-state index is 4.14. The Morgan fingerprint density at radius 1 is 1.09 bits per heavy atom. The number of rotatable bonds is 4. The molecule has 0 aliphatic heterocycles. The van der Waals surface area contributed by atoms with Crippen molar-refractivity contribution in [2.45, 2.75) is 24.8 Å². The maximum Gasteiger partial charge on any atom is 0.214 e. The molecule has 2 aromatic carbocycles. The van der Waals surface area contributed by atoms with Crippen LogP contribution in [0.4, 0.5) is 0 Å². The summed E-state index contributed by atoms with van der Waals surface area (Å²) in [5.41, 5.74) is 4.71. The third kappa shape index (κ3) is 3.23. The molecule has 112 valence electrons. The third-order valence-electron chi connectivity index (χ3n) is 3.49. The first-order valence-electron chi connectivity index (χ1n) is 6.87. The molecule has 0 unspecified atom stereocenters. The van der Waals surface area contributed by atoms with Crippen LogP contribution in [0.15, 0.2) is 52.1 Å². The van der Waals surface area contributed by atoms with Gasteiger partial charge in [0.25, 0.3) is 0 Å². The van der Waals surface area contributed by atoms with Crippen LogP contribution >= 0.6 is 27.7 Å². The van der Waals surface area contributed by atoms with Crippen molar-refractivity contribution in [3.05, 3.63) is 63.6 Å². The molecule has 0 spiro atoms. The Labute approximate surface area is 142 Å². The predicted molar refractivity (Wildman–Crippen MR) is 92.3 cm³/mol. The van der Waals surface area contributed by atoms with E-state index < -0.39 is 0 Å². The molecule has 4 nitrogen and oxygen atoms in total. The highest BCUT2D eigenvalue weighted by Gasteiger charge is 2.10. The van der Waals surface area contributed by atoms with E-state index >= 15 is 0 Å². The summed E-state index contributed by atoms with van der Waals surface area (Å²) < 4.78 is 2.89. The normalized spacial score (nSPS) is 10.9. The van der Waals surface area contributed by atoms with Gasteiger partial charge in [-0.1, -0.05) is 52.0 Å². The van der Waals surface area contributed by atoms with Crippen LogP contribution < -0.4 is 0 Å². The first-order valence-corrected chi connectivity index (χ1v) is 8.65. The van der Waals surface area contributed by atoms with Gasteiger partial charge >= 0.3 is 0 Å². The number of aromatic nitrogens is 4. The van der Waals surface area contributed by atoms with E-state index in [1.807, 2.05) is 24.3 Å². The Hall–Kier alpha value is -1.66. The van der Waals surface area contributed by atoms with Crippen molar-refractivity contribution >= 4 is 27.7 Å². The van der Waals surface area contributed by atoms with Crippen LogP contribution in [0.3, 0.4) is 0 Å². The zero-order valence-electron chi connectivity index (χ0n) is 12.3. The number of hydrogen-bond donors (Lipinski definition) is 0. The summed E-state index contributed by atoms with van der Waals surface area (Å²) in [7, 11) is 0. The summed E-state index contributed by atoms with van der Waals surface area (Å²) in [4.78, 5) is 0. The molecular weight excluding hydrogens is 360 g/mol. The molecule has 0 saturated heterocycles. The molecule has 1 heterocycles. The summed E-state index contributed by atoms with van der Waals surface area (Å²) in [6, 6.07) is 14.4. The van der Waals surface area contributed by atoms with E-state index in [-0.39, 0.29) is 0 Å². The molecule has 0 atom stereocenters. The van der Waals surface area contributed by atoms with Gasteiger partial charge in [-0.2, -0.15) is 4.68 Å². The highest BCUT2D eigenvalue weighted by Crippen LogP contribution is 2.26. The van der Waals surface area contributed by atoms with E-state index in [4.69, 9.17) is 0 Å². The van der Waals surface area contributed by atoms with Crippen molar-refractivity contribution < 1.29 is 0 Å². The minimum atomic E-state index is 0.791. The number of benzene rings is 2. The van der Waals surface area contributed by atoms with Crippen LogP contribution in [-0.2, 0) is 5.75 Å². The number of aryl methyl sites for hydroxylation is 2. The summed E-state index contributed by atoms with van der Waals surface area (Å²) in [5.74, 6) is 0.812. The van der Waals surface area contributed by atoms with Gasteiger partial charge in [0.1, 0.15) is 0 Å². The smallest absolute Gasteiger partial charge is 0.187 e. The van der Waals surface area contributed by atoms with Gasteiger partial charge in [0, 0.05) is 10.2 Å². The van der Waals surface area contributed by atoms with Crippen LogP contribution in [0.5, 0.6) is 0 Å². The molecule has 0 radical (unpaired) electrons. The fourth-order valence-electron chi connectivity index (χ4n) is 2.05. The lowest BCUT2D eigenvalue weighted by molar-refractivity contribution is 0.755. The molecule has 22 heavy (non-hydrogen) atoms. The van der Waals surface area contributed by atoms with E-state index in [1.54, 1.807) is 16.4 Å². The molecular formula is C16H15BrN4S. The molecule has 0 fully saturated rings. The molecule has 0 saturated carbocycles. The number of thioether (sulfide) groups is 1. The average Bonchev–Trinajstić information content (AvgIpc) is 2.98. The van der Waals surface area contributed by atoms with Gasteiger partial charge in [-0.15, -0.1) is 5.10 Å². The summed E-state index contributed by atoms with van der Waals surface area (Å²) in [6.07, 6.45) is 0. The molecule has 0 aliphatic rings. The van der Waals surface area contributed by atoms with E-state index in [0.29, 0.717) is 0 Å². The van der Waals surface area contributed by atoms with Crippen molar-refractivity contribution in [1.82, 2.24) is 20.2 Å². The second-order valence-electron chi connectivity index (χ2n) is 5.02. The predicted octanol–water partition coefficient (Wildman–Crippen LogP) is 4.33. The topological polar surface area (TPSA) is 43.6 Å². The number of halogens is 1. The monoisotopic (exact) mass is 374 g/mol. The first kappa shape index (κ1) is 15.2. The van der Waals surface area contributed by atoms with Gasteiger partial charge in [-0.3, -0.25) is 0 Å². The van der Waals surface area contributed by atoms with E-state index in [9.17, 15) is 0 Å². The second kappa shape index (κ2) is 6.62. The Kier molecular flexibility index (Phi) is 4.59. The van der Waals surface area contributed by atoms with E-state index in [0.717, 1.165) is 21.1 Å². The Morgan fingerprint density at radius 3 is 2.68 bits per heavy atom. The maximum absolute atomic E-state index is 4.14. The van der Waals surface area contributed by atoms with Crippen LogP contribution in [-0.4, -0.2) is 20.2 Å². The third-order valence-corrected chi connectivity index (χ3v) is 5.23. The van der Waals surface area contributed by atoms with E-state index in [1.165, 1.54) is 16.7 Å². The van der Waals surface area contributed by atoms with Crippen LogP contribution in [0.1, 0.15) is 16.7 Å². The lowest BCUT2D eigenvalue weighted by Crippen LogP contribution is -2.00. The highest BCUT2D eigenvalue weighted by molar-refractivity contribution is 9.10. The molecule has 0 bridgehead atoms. The van der Waals surface area contributed by atoms with Crippen molar-refractivity contribution in [3.8, 4) is 5.69 Å². The van der Waals surface area contributed by atoms with Crippen molar-refractivity contribution in [1.29, 1.82) is 0 Å². The molecule has 3 aromatic rings. The Morgan fingerprint density at radius 2 is 1.91 bits per heavy atom. The fraction of sp³-hybridized carbons (Fsp3) is 0.188. The lowest BCUT2D eigenvalue weighted by Gasteiger charge is -2.07. The van der Waals surface area contributed by atoms with Gasteiger partial charge in [0.15, 0.2) is 0 Å². The Bertz CT molecular complexity index is 800.